The number of aliphatic hydroxyl groups is 1. The number of amides is 1. The Morgan fingerprint density at radius 1 is 1.56 bits per heavy atom. The van der Waals surface area contributed by atoms with E-state index < -0.39 is 0 Å². The highest BCUT2D eigenvalue weighted by molar-refractivity contribution is 5.82. The number of hydrogen-bond donors (Lipinski definition) is 2. The van der Waals surface area contributed by atoms with Gasteiger partial charge in [0, 0.05) is 13.1 Å². The second kappa shape index (κ2) is 5.12. The number of hydrogen-bond acceptors (Lipinski definition) is 4. The molecule has 5 heteroatoms. The molecule has 2 rings (SSSR count). The molecule has 16 heavy (non-hydrogen) atoms. The zero-order chi connectivity index (χ0) is 11.5. The van der Waals surface area contributed by atoms with Crippen molar-refractivity contribution in [3.8, 4) is 0 Å². The third-order valence-electron chi connectivity index (χ3n) is 3.20. The second-order valence-electron chi connectivity index (χ2n) is 4.64. The van der Waals surface area contributed by atoms with E-state index in [-0.39, 0.29) is 30.8 Å². The molecule has 92 valence electrons. The second-order valence-corrected chi connectivity index (χ2v) is 4.64. The molecule has 0 spiro atoms. The fraction of sp³-hybridized carbons (Fsp3) is 0.909. The largest absolute Gasteiger partial charge is 0.394 e. The maximum atomic E-state index is 12.1. The van der Waals surface area contributed by atoms with Gasteiger partial charge in [-0.05, 0) is 26.3 Å². The first-order valence-electron chi connectivity index (χ1n) is 5.99. The van der Waals surface area contributed by atoms with E-state index in [2.05, 4.69) is 5.32 Å². The first kappa shape index (κ1) is 11.8. The van der Waals surface area contributed by atoms with Gasteiger partial charge in [0.25, 0.3) is 0 Å². The predicted octanol–water partition coefficient (Wildman–Crippen LogP) is -0.653. The van der Waals surface area contributed by atoms with Crippen LogP contribution in [0.5, 0.6) is 0 Å². The van der Waals surface area contributed by atoms with E-state index in [1.54, 1.807) is 0 Å². The average molecular weight is 228 g/mol. The summed E-state index contributed by atoms with van der Waals surface area (Å²) in [4.78, 5) is 14.0. The summed E-state index contributed by atoms with van der Waals surface area (Å²) in [6.07, 6.45) is 1.78. The van der Waals surface area contributed by atoms with Crippen molar-refractivity contribution in [2.75, 3.05) is 26.2 Å². The Bertz CT molecular complexity index is 254. The molecular weight excluding hydrogens is 208 g/mol. The molecule has 2 fully saturated rings. The Labute approximate surface area is 95.8 Å². The van der Waals surface area contributed by atoms with Crippen LogP contribution in [0.3, 0.4) is 0 Å². The molecule has 3 atom stereocenters. The standard InChI is InChI=1S/C11H20N2O3/c1-8-5-13(6-9(7-14)16-8)11(15)10-3-2-4-12-10/h8-10,12,14H,2-7H2,1H3/t8?,9?,10-/m1/s1. The van der Waals surface area contributed by atoms with Crippen molar-refractivity contribution in [2.24, 2.45) is 0 Å². The quantitative estimate of drug-likeness (QED) is 0.659. The van der Waals surface area contributed by atoms with E-state index in [0.29, 0.717) is 13.1 Å². The highest BCUT2D eigenvalue weighted by atomic mass is 16.5. The monoisotopic (exact) mass is 228 g/mol. The summed E-state index contributed by atoms with van der Waals surface area (Å²) in [7, 11) is 0. The zero-order valence-corrected chi connectivity index (χ0v) is 9.69. The van der Waals surface area contributed by atoms with Gasteiger partial charge < -0.3 is 20.1 Å². The Hall–Kier alpha value is -0.650. The first-order chi connectivity index (χ1) is 7.70. The van der Waals surface area contributed by atoms with Crippen LogP contribution in [0.4, 0.5) is 0 Å². The van der Waals surface area contributed by atoms with Gasteiger partial charge in [0.2, 0.25) is 5.91 Å². The molecule has 0 aromatic heterocycles. The molecule has 0 bridgehead atoms. The molecule has 5 nitrogen and oxygen atoms in total. The summed E-state index contributed by atoms with van der Waals surface area (Å²) < 4.78 is 5.51. The van der Waals surface area contributed by atoms with E-state index >= 15 is 0 Å². The number of nitrogens with one attached hydrogen (secondary N) is 1. The molecule has 2 saturated heterocycles. The van der Waals surface area contributed by atoms with Gasteiger partial charge >= 0.3 is 0 Å². The molecule has 2 aliphatic heterocycles. The molecule has 2 aliphatic rings. The molecule has 1 amide bonds. The Morgan fingerprint density at radius 3 is 3.00 bits per heavy atom. The summed E-state index contributed by atoms with van der Waals surface area (Å²) >= 11 is 0. The number of nitrogens with zero attached hydrogens (tertiary/aromatic N) is 1. The van der Waals surface area contributed by atoms with E-state index in [1.807, 2.05) is 11.8 Å². The summed E-state index contributed by atoms with van der Waals surface area (Å²) in [5.41, 5.74) is 0. The molecule has 0 aromatic carbocycles. The molecule has 2 heterocycles. The predicted molar refractivity (Wildman–Crippen MR) is 59.0 cm³/mol. The SMILES string of the molecule is CC1CN(C(=O)[C@H]2CCCN2)CC(CO)O1. The van der Waals surface area contributed by atoms with E-state index in [0.717, 1.165) is 19.4 Å². The first-order valence-corrected chi connectivity index (χ1v) is 5.99. The van der Waals surface area contributed by atoms with Gasteiger partial charge in [-0.15, -0.1) is 0 Å². The fourth-order valence-corrected chi connectivity index (χ4v) is 2.44. The fourth-order valence-electron chi connectivity index (χ4n) is 2.44. The number of carbonyl (C=O) groups is 1. The molecule has 2 unspecified atom stereocenters. The van der Waals surface area contributed by atoms with Gasteiger partial charge in [-0.3, -0.25) is 4.79 Å². The Morgan fingerprint density at radius 2 is 2.38 bits per heavy atom. The normalized spacial score (nSPS) is 35.4. The number of ether oxygens (including phenoxy) is 1. The van der Waals surface area contributed by atoms with Crippen LogP contribution < -0.4 is 5.32 Å². The lowest BCUT2D eigenvalue weighted by atomic mass is 10.1. The van der Waals surface area contributed by atoms with Gasteiger partial charge in [0.15, 0.2) is 0 Å². The third kappa shape index (κ3) is 2.53. The molecular formula is C11H20N2O3. The van der Waals surface area contributed by atoms with Crippen molar-refractivity contribution in [1.82, 2.24) is 10.2 Å². The van der Waals surface area contributed by atoms with E-state index in [9.17, 15) is 4.79 Å². The lowest BCUT2D eigenvalue weighted by molar-refractivity contribution is -0.148. The van der Waals surface area contributed by atoms with Crippen molar-refractivity contribution in [1.29, 1.82) is 0 Å². The number of aliphatic hydroxyl groups excluding tert-OH is 1. The van der Waals surface area contributed by atoms with Gasteiger partial charge in [-0.25, -0.2) is 0 Å². The summed E-state index contributed by atoms with van der Waals surface area (Å²) in [5.74, 6) is 0.158. The molecule has 2 N–H and O–H groups in total. The van der Waals surface area contributed by atoms with Crippen LogP contribution in [-0.4, -0.2) is 60.4 Å². The van der Waals surface area contributed by atoms with Crippen LogP contribution in [0.15, 0.2) is 0 Å². The van der Waals surface area contributed by atoms with Gasteiger partial charge in [-0.1, -0.05) is 0 Å². The molecule has 0 radical (unpaired) electrons. The van der Waals surface area contributed by atoms with Gasteiger partial charge in [0.1, 0.15) is 0 Å². The summed E-state index contributed by atoms with van der Waals surface area (Å²) in [6.45, 7) is 3.99. The van der Waals surface area contributed by atoms with Crippen LogP contribution >= 0.6 is 0 Å². The number of rotatable bonds is 2. The van der Waals surface area contributed by atoms with Crippen molar-refractivity contribution >= 4 is 5.91 Å². The lowest BCUT2D eigenvalue weighted by Crippen LogP contribution is -2.54. The lowest BCUT2D eigenvalue weighted by Gasteiger charge is -2.37. The number of morpholine rings is 1. The topological polar surface area (TPSA) is 61.8 Å². The van der Waals surface area contributed by atoms with Gasteiger partial charge in [0.05, 0.1) is 24.9 Å². The van der Waals surface area contributed by atoms with Crippen molar-refractivity contribution in [3.05, 3.63) is 0 Å². The summed E-state index contributed by atoms with van der Waals surface area (Å²) in [6, 6.07) is -0.0235. The summed E-state index contributed by atoms with van der Waals surface area (Å²) in [5, 5.41) is 12.3. The Kier molecular flexibility index (Phi) is 3.78. The van der Waals surface area contributed by atoms with Gasteiger partial charge in [-0.2, -0.15) is 0 Å². The minimum atomic E-state index is -0.228. The maximum absolute atomic E-state index is 12.1. The van der Waals surface area contributed by atoms with Crippen LogP contribution in [-0.2, 0) is 9.53 Å². The third-order valence-corrected chi connectivity index (χ3v) is 3.20. The highest BCUT2D eigenvalue weighted by Gasteiger charge is 2.32. The van der Waals surface area contributed by atoms with Crippen LogP contribution in [0.2, 0.25) is 0 Å². The van der Waals surface area contributed by atoms with Crippen LogP contribution in [0.1, 0.15) is 19.8 Å². The molecule has 0 saturated carbocycles. The molecule has 0 aromatic rings. The van der Waals surface area contributed by atoms with Crippen molar-refractivity contribution in [2.45, 2.75) is 38.0 Å². The Balaban J connectivity index is 1.94. The van der Waals surface area contributed by atoms with Crippen LogP contribution in [0.25, 0.3) is 0 Å². The smallest absolute Gasteiger partial charge is 0.239 e. The van der Waals surface area contributed by atoms with E-state index in [1.165, 1.54) is 0 Å². The highest BCUT2D eigenvalue weighted by Crippen LogP contribution is 2.15. The van der Waals surface area contributed by atoms with Crippen molar-refractivity contribution < 1.29 is 14.6 Å². The van der Waals surface area contributed by atoms with Crippen LogP contribution in [0, 0.1) is 0 Å². The van der Waals surface area contributed by atoms with Crippen molar-refractivity contribution in [3.63, 3.8) is 0 Å². The minimum absolute atomic E-state index is 0.0104. The average Bonchev–Trinajstić information content (AvgIpc) is 2.80. The minimum Gasteiger partial charge on any atom is -0.394 e. The number of carbonyl (C=O) groups excluding carboxylic acids is 1. The molecule has 0 aliphatic carbocycles. The maximum Gasteiger partial charge on any atom is 0.239 e. The van der Waals surface area contributed by atoms with E-state index in [4.69, 9.17) is 9.84 Å². The zero-order valence-electron chi connectivity index (χ0n) is 9.69.